The van der Waals surface area contributed by atoms with Gasteiger partial charge >= 0.3 is 0 Å². The molecular formula is C13H12N4O3S. The third-order valence-electron chi connectivity index (χ3n) is 2.59. The second-order valence-electron chi connectivity index (χ2n) is 4.12. The number of benzene rings is 1. The fraction of sp³-hybridized carbons (Fsp3) is 0.154. The minimum absolute atomic E-state index is 0.0128. The Morgan fingerprint density at radius 2 is 2.33 bits per heavy atom. The van der Waals surface area contributed by atoms with Crippen LogP contribution in [0.2, 0.25) is 0 Å². The van der Waals surface area contributed by atoms with Crippen molar-refractivity contribution in [3.63, 3.8) is 0 Å². The highest BCUT2D eigenvalue weighted by atomic mass is 32.2. The average Bonchev–Trinajstić information content (AvgIpc) is 2.80. The molecule has 0 aromatic heterocycles. The first kappa shape index (κ1) is 14.9. The number of hydrogen-bond acceptors (Lipinski definition) is 6. The van der Waals surface area contributed by atoms with Gasteiger partial charge < -0.3 is 5.32 Å². The van der Waals surface area contributed by atoms with E-state index in [-0.39, 0.29) is 16.8 Å². The van der Waals surface area contributed by atoms with E-state index in [0.717, 1.165) is 0 Å². The van der Waals surface area contributed by atoms with Gasteiger partial charge in [0.1, 0.15) is 0 Å². The van der Waals surface area contributed by atoms with E-state index in [2.05, 4.69) is 22.1 Å². The zero-order valence-corrected chi connectivity index (χ0v) is 11.7. The van der Waals surface area contributed by atoms with Gasteiger partial charge in [-0.1, -0.05) is 30.0 Å². The Morgan fingerprint density at radius 1 is 1.52 bits per heavy atom. The summed E-state index contributed by atoms with van der Waals surface area (Å²) in [7, 11) is 0. The highest BCUT2D eigenvalue weighted by Gasteiger charge is 2.28. The van der Waals surface area contributed by atoms with Gasteiger partial charge in [-0.25, -0.2) is 0 Å². The number of rotatable bonds is 5. The van der Waals surface area contributed by atoms with Gasteiger partial charge in [0.15, 0.2) is 5.17 Å². The fourth-order valence-electron chi connectivity index (χ4n) is 1.63. The van der Waals surface area contributed by atoms with Gasteiger partial charge in [-0.2, -0.15) is 5.10 Å². The molecule has 1 aromatic rings. The maximum absolute atomic E-state index is 11.5. The smallest absolute Gasteiger partial charge is 0.270 e. The Labute approximate surface area is 125 Å². The van der Waals surface area contributed by atoms with Crippen LogP contribution in [0, 0.1) is 10.1 Å². The molecule has 1 aliphatic rings. The molecule has 0 unspecified atom stereocenters. The van der Waals surface area contributed by atoms with Crippen LogP contribution in [0.4, 0.5) is 5.69 Å². The Morgan fingerprint density at radius 3 is 3.05 bits per heavy atom. The molecule has 1 N–H and O–H groups in total. The Kier molecular flexibility index (Phi) is 4.83. The van der Waals surface area contributed by atoms with Crippen molar-refractivity contribution in [1.29, 1.82) is 0 Å². The minimum Gasteiger partial charge on any atom is -0.303 e. The van der Waals surface area contributed by atoms with Crippen LogP contribution in [0.15, 0.2) is 47.1 Å². The van der Waals surface area contributed by atoms with Crippen LogP contribution < -0.4 is 5.32 Å². The van der Waals surface area contributed by atoms with Crippen LogP contribution in [-0.4, -0.2) is 27.5 Å². The number of hydrogen-bond donors (Lipinski definition) is 1. The lowest BCUT2D eigenvalue weighted by Crippen LogP contribution is -2.24. The molecule has 0 spiro atoms. The van der Waals surface area contributed by atoms with Crippen molar-refractivity contribution in [1.82, 2.24) is 5.32 Å². The van der Waals surface area contributed by atoms with Gasteiger partial charge in [-0.05, 0) is 6.42 Å². The summed E-state index contributed by atoms with van der Waals surface area (Å²) in [5, 5.41) is 21.2. The Hall–Kier alpha value is -2.48. The van der Waals surface area contributed by atoms with Gasteiger partial charge in [0.2, 0.25) is 5.91 Å². The normalized spacial score (nSPS) is 19.9. The molecule has 0 saturated carbocycles. The van der Waals surface area contributed by atoms with Crippen LogP contribution in [0.5, 0.6) is 0 Å². The fourth-order valence-corrected chi connectivity index (χ4v) is 2.55. The Balaban J connectivity index is 2.04. The number of carbonyl (C=O) groups is 1. The molecule has 0 bridgehead atoms. The molecule has 0 radical (unpaired) electrons. The predicted octanol–water partition coefficient (Wildman–Crippen LogP) is 2.09. The molecule has 1 saturated heterocycles. The number of nitrogens with one attached hydrogen (secondary N) is 1. The van der Waals surface area contributed by atoms with E-state index in [1.807, 2.05) is 0 Å². The number of nitrogens with zero attached hydrogens (tertiary/aromatic N) is 3. The zero-order chi connectivity index (χ0) is 15.2. The van der Waals surface area contributed by atoms with E-state index < -0.39 is 4.92 Å². The second kappa shape index (κ2) is 6.80. The highest BCUT2D eigenvalue weighted by Crippen LogP contribution is 2.22. The number of nitro groups is 1. The maximum Gasteiger partial charge on any atom is 0.270 e. The van der Waals surface area contributed by atoms with Crippen molar-refractivity contribution < 1.29 is 9.72 Å². The summed E-state index contributed by atoms with van der Waals surface area (Å²) < 4.78 is 0. The number of amidine groups is 1. The predicted molar refractivity (Wildman–Crippen MR) is 82.5 cm³/mol. The van der Waals surface area contributed by atoms with Crippen molar-refractivity contribution in [2.75, 3.05) is 0 Å². The third-order valence-corrected chi connectivity index (χ3v) is 3.69. The highest BCUT2D eigenvalue weighted by molar-refractivity contribution is 8.15. The number of carbonyl (C=O) groups excluding carboxylic acids is 1. The van der Waals surface area contributed by atoms with Crippen LogP contribution in [0.3, 0.4) is 0 Å². The number of nitro benzene ring substituents is 1. The molecule has 2 rings (SSSR count). The molecule has 1 amide bonds. The van der Waals surface area contributed by atoms with E-state index in [4.69, 9.17) is 0 Å². The molecule has 108 valence electrons. The first-order valence-electron chi connectivity index (χ1n) is 6.04. The zero-order valence-electron chi connectivity index (χ0n) is 10.9. The van der Waals surface area contributed by atoms with Gasteiger partial charge in [0.05, 0.1) is 16.4 Å². The molecule has 1 fully saturated rings. The summed E-state index contributed by atoms with van der Waals surface area (Å²) >= 11 is 1.28. The summed E-state index contributed by atoms with van der Waals surface area (Å²) in [6.45, 7) is 3.59. The van der Waals surface area contributed by atoms with Crippen molar-refractivity contribution >= 4 is 34.7 Å². The average molecular weight is 304 g/mol. The number of thioether (sulfide) groups is 1. The van der Waals surface area contributed by atoms with Crippen molar-refractivity contribution in [3.05, 3.63) is 52.6 Å². The van der Waals surface area contributed by atoms with Crippen molar-refractivity contribution in [3.8, 4) is 0 Å². The SMILES string of the molecule is C=CC[C@H]1S/C(=N/N=C/c2cccc([N+](=O)[O-])c2)NC1=O. The quantitative estimate of drug-likeness (QED) is 0.390. The summed E-state index contributed by atoms with van der Waals surface area (Å²) in [4.78, 5) is 21.7. The number of amides is 1. The Bertz CT molecular complexity index is 642. The molecule has 7 nitrogen and oxygen atoms in total. The number of allylic oxidation sites excluding steroid dienone is 1. The summed E-state index contributed by atoms with van der Waals surface area (Å²) in [5.74, 6) is -0.121. The lowest BCUT2D eigenvalue weighted by atomic mass is 10.2. The van der Waals surface area contributed by atoms with E-state index in [1.54, 1.807) is 18.2 Å². The van der Waals surface area contributed by atoms with E-state index >= 15 is 0 Å². The summed E-state index contributed by atoms with van der Waals surface area (Å²) in [6.07, 6.45) is 3.63. The molecule has 1 aromatic carbocycles. The second-order valence-corrected chi connectivity index (χ2v) is 5.31. The molecule has 21 heavy (non-hydrogen) atoms. The largest absolute Gasteiger partial charge is 0.303 e. The lowest BCUT2D eigenvalue weighted by Gasteiger charge is -1.97. The van der Waals surface area contributed by atoms with Gasteiger partial charge in [-0.3, -0.25) is 14.9 Å². The van der Waals surface area contributed by atoms with Gasteiger partial charge in [0.25, 0.3) is 5.69 Å². The van der Waals surface area contributed by atoms with Crippen LogP contribution in [-0.2, 0) is 4.79 Å². The maximum atomic E-state index is 11.5. The van der Waals surface area contributed by atoms with Gasteiger partial charge in [0, 0.05) is 17.7 Å². The van der Waals surface area contributed by atoms with Crippen molar-refractivity contribution in [2.45, 2.75) is 11.7 Å². The van der Waals surface area contributed by atoms with Gasteiger partial charge in [-0.15, -0.1) is 11.7 Å². The van der Waals surface area contributed by atoms with E-state index in [0.29, 0.717) is 17.2 Å². The van der Waals surface area contributed by atoms with Crippen molar-refractivity contribution in [2.24, 2.45) is 10.2 Å². The molecule has 0 aliphatic carbocycles. The minimum atomic E-state index is -0.476. The topological polar surface area (TPSA) is 97.0 Å². The number of non-ortho nitro benzene ring substituents is 1. The molecule has 1 atom stereocenters. The third kappa shape index (κ3) is 3.99. The first-order valence-corrected chi connectivity index (χ1v) is 6.92. The summed E-state index contributed by atoms with van der Waals surface area (Å²) in [5.41, 5.74) is 0.548. The first-order chi connectivity index (χ1) is 10.1. The van der Waals surface area contributed by atoms with E-state index in [9.17, 15) is 14.9 Å². The van der Waals surface area contributed by atoms with Crippen LogP contribution in [0.25, 0.3) is 0 Å². The molecular weight excluding hydrogens is 292 g/mol. The standard InChI is InChI=1S/C13H12N4O3S/c1-2-4-11-12(18)15-13(21-11)16-14-8-9-5-3-6-10(7-9)17(19)20/h2-3,5-8,11H,1,4H2,(H,15,16,18)/b14-8+/t11-/m1/s1. The molecule has 8 heteroatoms. The molecule has 1 aliphatic heterocycles. The monoisotopic (exact) mass is 304 g/mol. The molecule has 1 heterocycles. The van der Waals surface area contributed by atoms with E-state index in [1.165, 1.54) is 30.1 Å². The van der Waals surface area contributed by atoms with Crippen LogP contribution >= 0.6 is 11.8 Å². The summed E-state index contributed by atoms with van der Waals surface area (Å²) in [6, 6.07) is 6.04. The lowest BCUT2D eigenvalue weighted by molar-refractivity contribution is -0.384. The van der Waals surface area contributed by atoms with Crippen LogP contribution in [0.1, 0.15) is 12.0 Å².